The summed E-state index contributed by atoms with van der Waals surface area (Å²) in [5.74, 6) is 0. The molecule has 0 amide bonds. The van der Waals surface area contributed by atoms with Gasteiger partial charge in [0.2, 0.25) is 0 Å². The minimum atomic E-state index is 0.987. The van der Waals surface area contributed by atoms with E-state index < -0.39 is 0 Å². The van der Waals surface area contributed by atoms with E-state index in [9.17, 15) is 0 Å². The summed E-state index contributed by atoms with van der Waals surface area (Å²) in [6.07, 6.45) is 1.03. The van der Waals surface area contributed by atoms with Crippen LogP contribution in [0.15, 0.2) is 42.5 Å². The summed E-state index contributed by atoms with van der Waals surface area (Å²) < 4.78 is 1.26. The molecule has 1 aromatic heterocycles. The van der Waals surface area contributed by atoms with E-state index in [0.717, 1.165) is 23.5 Å². The molecule has 102 valence electrons. The van der Waals surface area contributed by atoms with Gasteiger partial charge in [-0.2, -0.15) is 0 Å². The molecule has 2 nitrogen and oxygen atoms in total. The van der Waals surface area contributed by atoms with Crippen molar-refractivity contribution in [2.24, 2.45) is 0 Å². The lowest BCUT2D eigenvalue weighted by Crippen LogP contribution is -2.10. The van der Waals surface area contributed by atoms with Crippen molar-refractivity contribution in [3.63, 3.8) is 0 Å². The number of rotatable bonds is 4. The number of hydrogen-bond donors (Lipinski definition) is 1. The van der Waals surface area contributed by atoms with Crippen LogP contribution < -0.4 is 5.32 Å². The largest absolute Gasteiger partial charge is 0.319 e. The van der Waals surface area contributed by atoms with Gasteiger partial charge in [-0.15, -0.1) is 11.3 Å². The number of hydrogen-bond acceptors (Lipinski definition) is 3. The van der Waals surface area contributed by atoms with Gasteiger partial charge in [-0.1, -0.05) is 30.3 Å². The van der Waals surface area contributed by atoms with E-state index in [2.05, 4.69) is 54.7 Å². The van der Waals surface area contributed by atoms with Crippen LogP contribution in [-0.4, -0.2) is 18.6 Å². The van der Waals surface area contributed by atoms with Gasteiger partial charge in [-0.05, 0) is 50.2 Å². The molecule has 2 aromatic carbocycles. The molecule has 0 aliphatic heterocycles. The second kappa shape index (κ2) is 5.73. The highest BCUT2D eigenvalue weighted by Gasteiger charge is 2.10. The Hall–Kier alpha value is -1.71. The number of fused-ring (bicyclic) bond motifs is 1. The molecule has 3 aromatic rings. The Kier molecular flexibility index (Phi) is 3.81. The highest BCUT2D eigenvalue weighted by Crippen LogP contribution is 2.32. The fraction of sp³-hybridized carbons (Fsp3) is 0.235. The summed E-state index contributed by atoms with van der Waals surface area (Å²) in [7, 11) is 1.99. The Morgan fingerprint density at radius 2 is 2.00 bits per heavy atom. The predicted molar refractivity (Wildman–Crippen MR) is 87.4 cm³/mol. The van der Waals surface area contributed by atoms with Crippen LogP contribution in [0.3, 0.4) is 0 Å². The van der Waals surface area contributed by atoms with Gasteiger partial charge in [0.1, 0.15) is 5.01 Å². The maximum absolute atomic E-state index is 4.81. The van der Waals surface area contributed by atoms with Gasteiger partial charge in [0.25, 0.3) is 0 Å². The molecule has 0 aliphatic carbocycles. The lowest BCUT2D eigenvalue weighted by atomic mass is 10.1. The number of likely N-dealkylation sites (N-methyl/N-ethyl adjacent to an activating group) is 1. The molecule has 0 radical (unpaired) electrons. The fourth-order valence-electron chi connectivity index (χ4n) is 2.36. The normalized spacial score (nSPS) is 11.1. The molecule has 0 unspecified atom stereocenters. The number of thiazole rings is 1. The summed E-state index contributed by atoms with van der Waals surface area (Å²) in [4.78, 5) is 4.81. The van der Waals surface area contributed by atoms with Crippen LogP contribution in [0, 0.1) is 6.92 Å². The van der Waals surface area contributed by atoms with Crippen molar-refractivity contribution < 1.29 is 0 Å². The zero-order valence-corrected chi connectivity index (χ0v) is 12.6. The van der Waals surface area contributed by atoms with Crippen LogP contribution in [-0.2, 0) is 6.42 Å². The van der Waals surface area contributed by atoms with Crippen molar-refractivity contribution in [1.29, 1.82) is 0 Å². The van der Waals surface area contributed by atoms with Crippen LogP contribution in [0.5, 0.6) is 0 Å². The lowest BCUT2D eigenvalue weighted by Gasteiger charge is -2.06. The van der Waals surface area contributed by atoms with E-state index in [1.807, 2.05) is 7.05 Å². The Morgan fingerprint density at radius 1 is 1.15 bits per heavy atom. The second-order valence-corrected chi connectivity index (χ2v) is 6.03. The lowest BCUT2D eigenvalue weighted by molar-refractivity contribution is 0.792. The molecule has 1 N–H and O–H groups in total. The Bertz CT molecular complexity index is 731. The molecule has 0 saturated heterocycles. The quantitative estimate of drug-likeness (QED) is 0.781. The van der Waals surface area contributed by atoms with Crippen LogP contribution in [0.2, 0.25) is 0 Å². The van der Waals surface area contributed by atoms with Gasteiger partial charge >= 0.3 is 0 Å². The minimum absolute atomic E-state index is 0.987. The van der Waals surface area contributed by atoms with Gasteiger partial charge in [0.05, 0.1) is 10.2 Å². The first kappa shape index (κ1) is 13.3. The fourth-order valence-corrected chi connectivity index (χ4v) is 3.37. The maximum Gasteiger partial charge on any atom is 0.124 e. The predicted octanol–water partition coefficient (Wildman–Crippen LogP) is 4.03. The number of aromatic nitrogens is 1. The molecule has 20 heavy (non-hydrogen) atoms. The first-order chi connectivity index (χ1) is 9.78. The topological polar surface area (TPSA) is 24.9 Å². The molecule has 0 bridgehead atoms. The molecule has 3 heteroatoms. The highest BCUT2D eigenvalue weighted by atomic mass is 32.1. The zero-order chi connectivity index (χ0) is 13.9. The van der Waals surface area contributed by atoms with Gasteiger partial charge in [-0.3, -0.25) is 0 Å². The van der Waals surface area contributed by atoms with Crippen molar-refractivity contribution >= 4 is 21.6 Å². The van der Waals surface area contributed by atoms with Crippen LogP contribution >= 0.6 is 11.3 Å². The third-order valence-corrected chi connectivity index (χ3v) is 4.50. The average molecular weight is 282 g/mol. The van der Waals surface area contributed by atoms with E-state index in [1.54, 1.807) is 11.3 Å². The number of benzene rings is 2. The molecule has 3 rings (SSSR count). The van der Waals surface area contributed by atoms with E-state index in [0.29, 0.717) is 0 Å². The summed E-state index contributed by atoms with van der Waals surface area (Å²) in [5, 5.41) is 4.33. The minimum Gasteiger partial charge on any atom is -0.319 e. The van der Waals surface area contributed by atoms with Crippen molar-refractivity contribution in [3.8, 4) is 10.6 Å². The third-order valence-electron chi connectivity index (χ3n) is 3.44. The number of nitrogens with zero attached hydrogens (tertiary/aromatic N) is 1. The standard InChI is InChI=1S/C17H18N2S/c1-12-7-8-16-15(11-12)19-17(20-16)14-6-4-3-5-13(14)9-10-18-2/h3-8,11,18H,9-10H2,1-2H3. The smallest absolute Gasteiger partial charge is 0.124 e. The van der Waals surface area contributed by atoms with E-state index in [-0.39, 0.29) is 0 Å². The van der Waals surface area contributed by atoms with E-state index in [1.165, 1.54) is 21.4 Å². The third kappa shape index (κ3) is 2.60. The highest BCUT2D eigenvalue weighted by molar-refractivity contribution is 7.21. The van der Waals surface area contributed by atoms with Gasteiger partial charge in [0, 0.05) is 5.56 Å². The SMILES string of the molecule is CNCCc1ccccc1-c1nc2cc(C)ccc2s1. The molecular weight excluding hydrogens is 264 g/mol. The van der Waals surface area contributed by atoms with Gasteiger partial charge < -0.3 is 5.32 Å². The molecule has 0 spiro atoms. The van der Waals surface area contributed by atoms with Crippen LogP contribution in [0.25, 0.3) is 20.8 Å². The summed E-state index contributed by atoms with van der Waals surface area (Å²) >= 11 is 1.78. The summed E-state index contributed by atoms with van der Waals surface area (Å²) in [5.41, 5.74) is 4.99. The van der Waals surface area contributed by atoms with E-state index in [4.69, 9.17) is 4.98 Å². The van der Waals surface area contributed by atoms with Crippen molar-refractivity contribution in [2.75, 3.05) is 13.6 Å². The van der Waals surface area contributed by atoms with Gasteiger partial charge in [-0.25, -0.2) is 4.98 Å². The molecule has 0 aliphatic rings. The molecule has 0 saturated carbocycles. The van der Waals surface area contributed by atoms with Crippen molar-refractivity contribution in [2.45, 2.75) is 13.3 Å². The summed E-state index contributed by atoms with van der Waals surface area (Å²) in [6, 6.07) is 15.0. The molecule has 0 atom stereocenters. The Balaban J connectivity index is 2.06. The average Bonchev–Trinajstić information content (AvgIpc) is 2.88. The monoisotopic (exact) mass is 282 g/mol. The number of aryl methyl sites for hydroxylation is 1. The van der Waals surface area contributed by atoms with E-state index >= 15 is 0 Å². The molecule has 0 fully saturated rings. The second-order valence-electron chi connectivity index (χ2n) is 5.00. The first-order valence-corrected chi connectivity index (χ1v) is 7.69. The maximum atomic E-state index is 4.81. The van der Waals surface area contributed by atoms with Crippen molar-refractivity contribution in [3.05, 3.63) is 53.6 Å². The van der Waals surface area contributed by atoms with Gasteiger partial charge in [0.15, 0.2) is 0 Å². The first-order valence-electron chi connectivity index (χ1n) is 6.88. The molecule has 1 heterocycles. The zero-order valence-electron chi connectivity index (χ0n) is 11.8. The van der Waals surface area contributed by atoms with Crippen LogP contribution in [0.1, 0.15) is 11.1 Å². The van der Waals surface area contributed by atoms with Crippen molar-refractivity contribution in [1.82, 2.24) is 10.3 Å². The summed E-state index contributed by atoms with van der Waals surface area (Å²) in [6.45, 7) is 3.10. The Morgan fingerprint density at radius 3 is 2.85 bits per heavy atom. The molecular formula is C17H18N2S. The van der Waals surface area contributed by atoms with Crippen LogP contribution in [0.4, 0.5) is 0 Å². The Labute approximate surface area is 123 Å². The number of nitrogens with one attached hydrogen (secondary N) is 1.